The van der Waals surface area contributed by atoms with Crippen LogP contribution in [0.4, 0.5) is 0 Å². The van der Waals surface area contributed by atoms with E-state index in [4.69, 9.17) is 11.6 Å². The van der Waals surface area contributed by atoms with Crippen molar-refractivity contribution in [3.8, 4) is 0 Å². The molecule has 0 saturated heterocycles. The Balaban J connectivity index is 2.86. The molecule has 0 heterocycles. The molecule has 0 bridgehead atoms. The van der Waals surface area contributed by atoms with E-state index in [9.17, 15) is 0 Å². The van der Waals surface area contributed by atoms with Gasteiger partial charge in [-0.3, -0.25) is 0 Å². The average molecular weight is 151 g/mol. The van der Waals surface area contributed by atoms with E-state index in [1.807, 2.05) is 0 Å². The highest BCUT2D eigenvalue weighted by Crippen LogP contribution is 2.11. The lowest BCUT2D eigenvalue weighted by Gasteiger charge is -2.02. The Labute approximate surface area is 60.0 Å². The van der Waals surface area contributed by atoms with E-state index < -0.39 is 0 Å². The van der Waals surface area contributed by atoms with Gasteiger partial charge in [0.25, 0.3) is 0 Å². The van der Waals surface area contributed by atoms with Crippen LogP contribution in [0.3, 0.4) is 0 Å². The molecule has 0 aliphatic heterocycles. The molecule has 0 radical (unpaired) electrons. The molecular weight excluding hydrogens is 136 g/mol. The van der Waals surface area contributed by atoms with Crippen LogP contribution in [0.15, 0.2) is 0 Å². The zero-order valence-electron chi connectivity index (χ0n) is 5.78. The molecule has 0 rings (SSSR count). The van der Waals surface area contributed by atoms with Gasteiger partial charge in [-0.25, -0.2) is 0 Å². The van der Waals surface area contributed by atoms with Crippen molar-refractivity contribution in [3.05, 3.63) is 0 Å². The molecule has 0 saturated carbocycles. The largest absolute Gasteiger partial charge is 0.127 e. The van der Waals surface area contributed by atoms with Gasteiger partial charge in [-0.05, 0) is 5.54 Å². The van der Waals surface area contributed by atoms with Crippen molar-refractivity contribution in [3.63, 3.8) is 0 Å². The van der Waals surface area contributed by atoms with Gasteiger partial charge in [0, 0.05) is 16.1 Å². The van der Waals surface area contributed by atoms with Crippen LogP contribution in [0, 0.1) is 0 Å². The summed E-state index contributed by atoms with van der Waals surface area (Å²) in [5, 5.41) is 0. The first-order chi connectivity index (χ1) is 3.81. The average Bonchev–Trinajstić information content (AvgIpc) is 1.83. The molecule has 2 heteroatoms. The fraction of sp³-hybridized carbons (Fsp3) is 1.00. The van der Waals surface area contributed by atoms with Gasteiger partial charge < -0.3 is 0 Å². The standard InChI is InChI=1S/C6H15ClSi/c1-2-3-4-6(8)5-7/h6H,2-5H2,1,8H3. The highest BCUT2D eigenvalue weighted by molar-refractivity contribution is 6.24. The highest BCUT2D eigenvalue weighted by Gasteiger charge is 1.96. The van der Waals surface area contributed by atoms with E-state index in [1.54, 1.807) is 0 Å². The Morgan fingerprint density at radius 2 is 2.25 bits per heavy atom. The van der Waals surface area contributed by atoms with Gasteiger partial charge in [-0.2, -0.15) is 0 Å². The molecular formula is C6H15ClSi. The third-order valence-corrected chi connectivity index (χ3v) is 3.34. The van der Waals surface area contributed by atoms with Gasteiger partial charge in [-0.15, -0.1) is 11.6 Å². The number of alkyl halides is 1. The predicted octanol–water partition coefficient (Wildman–Crippen LogP) is 1.57. The van der Waals surface area contributed by atoms with Gasteiger partial charge in [0.1, 0.15) is 0 Å². The molecule has 8 heavy (non-hydrogen) atoms. The van der Waals surface area contributed by atoms with Crippen LogP contribution in [0.1, 0.15) is 26.2 Å². The van der Waals surface area contributed by atoms with Crippen LogP contribution in [0.25, 0.3) is 0 Å². The van der Waals surface area contributed by atoms with Crippen molar-refractivity contribution >= 4 is 21.8 Å². The maximum Gasteiger partial charge on any atom is 0.0219 e. The number of hydrogen-bond donors (Lipinski definition) is 0. The summed E-state index contributed by atoms with van der Waals surface area (Å²) in [6.45, 7) is 2.22. The lowest BCUT2D eigenvalue weighted by atomic mass is 10.2. The molecule has 1 atom stereocenters. The Bertz CT molecular complexity index is 47.8. The first kappa shape index (κ1) is 8.51. The molecule has 0 N–H and O–H groups in total. The highest BCUT2D eigenvalue weighted by atomic mass is 35.5. The first-order valence-corrected chi connectivity index (χ1v) is 5.06. The van der Waals surface area contributed by atoms with E-state index >= 15 is 0 Å². The second-order valence-corrected chi connectivity index (χ2v) is 4.34. The fourth-order valence-electron chi connectivity index (χ4n) is 0.630. The van der Waals surface area contributed by atoms with Crippen molar-refractivity contribution in [1.82, 2.24) is 0 Å². The first-order valence-electron chi connectivity index (χ1n) is 3.37. The summed E-state index contributed by atoms with van der Waals surface area (Å²) in [5.74, 6) is 0.881. The summed E-state index contributed by atoms with van der Waals surface area (Å²) in [4.78, 5) is 0. The number of hydrogen-bond acceptors (Lipinski definition) is 0. The molecule has 0 aromatic rings. The molecule has 0 aromatic carbocycles. The summed E-state index contributed by atoms with van der Waals surface area (Å²) in [6, 6.07) is 0. The Morgan fingerprint density at radius 1 is 1.62 bits per heavy atom. The lowest BCUT2D eigenvalue weighted by Crippen LogP contribution is -1.92. The van der Waals surface area contributed by atoms with Crippen molar-refractivity contribution in [2.45, 2.75) is 31.7 Å². The summed E-state index contributed by atoms with van der Waals surface area (Å²) >= 11 is 5.62. The zero-order valence-corrected chi connectivity index (χ0v) is 8.54. The minimum absolute atomic E-state index is 0.858. The van der Waals surface area contributed by atoms with Crippen molar-refractivity contribution < 1.29 is 0 Å². The predicted molar refractivity (Wildman–Crippen MR) is 43.9 cm³/mol. The van der Waals surface area contributed by atoms with Gasteiger partial charge in [-0.1, -0.05) is 26.2 Å². The Morgan fingerprint density at radius 3 is 2.62 bits per heavy atom. The van der Waals surface area contributed by atoms with Gasteiger partial charge in [0.15, 0.2) is 0 Å². The molecule has 0 fully saturated rings. The molecule has 0 amide bonds. The summed E-state index contributed by atoms with van der Waals surface area (Å²) < 4.78 is 0. The maximum atomic E-state index is 5.62. The van der Waals surface area contributed by atoms with Gasteiger partial charge in [0.2, 0.25) is 0 Å². The minimum atomic E-state index is 0.858. The summed E-state index contributed by atoms with van der Waals surface area (Å²) in [6.07, 6.45) is 4.03. The van der Waals surface area contributed by atoms with Crippen LogP contribution < -0.4 is 0 Å². The number of halogens is 1. The van der Waals surface area contributed by atoms with Crippen molar-refractivity contribution in [2.75, 3.05) is 5.88 Å². The van der Waals surface area contributed by atoms with Crippen molar-refractivity contribution in [1.29, 1.82) is 0 Å². The zero-order chi connectivity index (χ0) is 6.41. The van der Waals surface area contributed by atoms with Crippen LogP contribution in [-0.2, 0) is 0 Å². The normalized spacial score (nSPS) is 14.2. The Hall–Kier alpha value is 0.507. The maximum absolute atomic E-state index is 5.62. The molecule has 0 nitrogen and oxygen atoms in total. The molecule has 0 spiro atoms. The third-order valence-electron chi connectivity index (χ3n) is 1.31. The van der Waals surface area contributed by atoms with E-state index in [0.29, 0.717) is 0 Å². The van der Waals surface area contributed by atoms with E-state index in [2.05, 4.69) is 6.92 Å². The fourth-order valence-corrected chi connectivity index (χ4v) is 1.19. The van der Waals surface area contributed by atoms with Crippen LogP contribution in [-0.4, -0.2) is 16.1 Å². The molecule has 0 aromatic heterocycles. The lowest BCUT2D eigenvalue weighted by molar-refractivity contribution is 0.703. The molecule has 0 aliphatic carbocycles. The second kappa shape index (κ2) is 5.64. The number of unbranched alkanes of at least 4 members (excludes halogenated alkanes) is 1. The second-order valence-electron chi connectivity index (χ2n) is 2.40. The smallest absolute Gasteiger partial charge is 0.0219 e. The molecule has 1 unspecified atom stereocenters. The Kier molecular flexibility index (Phi) is 6.00. The quantitative estimate of drug-likeness (QED) is 0.422. The monoisotopic (exact) mass is 150 g/mol. The van der Waals surface area contributed by atoms with Gasteiger partial charge in [0.05, 0.1) is 0 Å². The van der Waals surface area contributed by atoms with E-state index in [-0.39, 0.29) is 0 Å². The third kappa shape index (κ3) is 4.66. The summed E-state index contributed by atoms with van der Waals surface area (Å²) in [5.41, 5.74) is 0.858. The van der Waals surface area contributed by atoms with E-state index in [0.717, 1.165) is 11.4 Å². The number of rotatable bonds is 4. The van der Waals surface area contributed by atoms with E-state index in [1.165, 1.54) is 29.5 Å². The minimum Gasteiger partial charge on any atom is -0.127 e. The summed E-state index contributed by atoms with van der Waals surface area (Å²) in [7, 11) is 1.27. The van der Waals surface area contributed by atoms with Crippen molar-refractivity contribution in [2.24, 2.45) is 0 Å². The molecule has 50 valence electrons. The van der Waals surface area contributed by atoms with Crippen LogP contribution in [0.2, 0.25) is 5.54 Å². The topological polar surface area (TPSA) is 0 Å². The van der Waals surface area contributed by atoms with Crippen LogP contribution in [0.5, 0.6) is 0 Å². The SMILES string of the molecule is CCCCC([SiH3])CCl. The molecule has 0 aliphatic rings. The van der Waals surface area contributed by atoms with Gasteiger partial charge >= 0.3 is 0 Å². The van der Waals surface area contributed by atoms with Crippen LogP contribution >= 0.6 is 11.6 Å².